The molecular weight excluding hydrogens is 388 g/mol. The van der Waals surface area contributed by atoms with Crippen molar-refractivity contribution in [3.05, 3.63) is 69.8 Å². The van der Waals surface area contributed by atoms with Gasteiger partial charge in [-0.15, -0.1) is 0 Å². The fraction of sp³-hybridized carbons (Fsp3) is 0.407. The third-order valence-corrected chi connectivity index (χ3v) is 6.03. The Hall–Kier alpha value is -3.06. The van der Waals surface area contributed by atoms with Gasteiger partial charge in [0, 0.05) is 11.1 Å². The van der Waals surface area contributed by atoms with Gasteiger partial charge in [-0.05, 0) is 67.4 Å². The number of aryl methyl sites for hydroxylation is 1. The second-order valence-electron chi connectivity index (χ2n) is 8.86. The third kappa shape index (κ3) is 5.35. The fourth-order valence-corrected chi connectivity index (χ4v) is 4.24. The van der Waals surface area contributed by atoms with Crippen molar-refractivity contribution in [2.75, 3.05) is 6.61 Å². The Labute approximate surface area is 184 Å². The van der Waals surface area contributed by atoms with Crippen LogP contribution in [0, 0.1) is 18.8 Å². The molecule has 4 heteroatoms. The number of carboxylic acid groups (broad SMARTS) is 1. The van der Waals surface area contributed by atoms with E-state index in [0.717, 1.165) is 40.7 Å². The molecule has 4 nitrogen and oxygen atoms in total. The van der Waals surface area contributed by atoms with Crippen LogP contribution in [0.15, 0.2) is 47.6 Å². The number of carboxylic acids is 1. The number of hydrogen-bond acceptors (Lipinski definition) is 3. The zero-order valence-corrected chi connectivity index (χ0v) is 18.7. The van der Waals surface area contributed by atoms with Crippen LogP contribution >= 0.6 is 0 Å². The average molecular weight is 419 g/mol. The minimum absolute atomic E-state index is 0.0293. The van der Waals surface area contributed by atoms with Gasteiger partial charge < -0.3 is 9.84 Å². The molecule has 0 saturated heterocycles. The summed E-state index contributed by atoms with van der Waals surface area (Å²) >= 11 is 0. The maximum Gasteiger partial charge on any atom is 0.313 e. The van der Waals surface area contributed by atoms with Gasteiger partial charge in [0.05, 0.1) is 18.9 Å². The standard InChI is InChI=1S/C27H30O4/c1-5-31-26(30)22-13-14-27(3,4)24-17-21(18(2)15-23(22)24)12-11-19-7-6-8-20(10-9-19)16-25(28)29/h6-7,9-10,15,17,22H,5,8,13-14,16H2,1-4H3,(H,28,29). The highest BCUT2D eigenvalue weighted by atomic mass is 16.5. The maximum atomic E-state index is 12.5. The van der Waals surface area contributed by atoms with Crippen LogP contribution in [0.5, 0.6) is 0 Å². The molecule has 162 valence electrons. The van der Waals surface area contributed by atoms with E-state index in [2.05, 4.69) is 37.8 Å². The van der Waals surface area contributed by atoms with E-state index in [0.29, 0.717) is 13.0 Å². The molecule has 1 atom stereocenters. The molecular formula is C27H30O4. The van der Waals surface area contributed by atoms with Crippen LogP contribution in [-0.2, 0) is 19.7 Å². The Morgan fingerprint density at radius 3 is 2.71 bits per heavy atom. The van der Waals surface area contributed by atoms with Crippen LogP contribution in [0.1, 0.15) is 74.6 Å². The molecule has 0 aliphatic heterocycles. The summed E-state index contributed by atoms with van der Waals surface area (Å²) in [7, 11) is 0. The molecule has 3 rings (SSSR count). The van der Waals surface area contributed by atoms with Gasteiger partial charge in [0.25, 0.3) is 0 Å². The highest BCUT2D eigenvalue weighted by Gasteiger charge is 2.37. The molecule has 1 aromatic carbocycles. The monoisotopic (exact) mass is 418 g/mol. The third-order valence-electron chi connectivity index (χ3n) is 6.03. The quantitative estimate of drug-likeness (QED) is 0.529. The average Bonchev–Trinajstić information content (AvgIpc) is 2.91. The van der Waals surface area contributed by atoms with Gasteiger partial charge in [-0.2, -0.15) is 0 Å². The van der Waals surface area contributed by atoms with Crippen LogP contribution in [0.3, 0.4) is 0 Å². The summed E-state index contributed by atoms with van der Waals surface area (Å²) < 4.78 is 5.32. The summed E-state index contributed by atoms with van der Waals surface area (Å²) in [5.74, 6) is 5.33. The molecule has 1 N–H and O–H groups in total. The highest BCUT2D eigenvalue weighted by molar-refractivity contribution is 5.80. The van der Waals surface area contributed by atoms with Crippen LogP contribution in [0.2, 0.25) is 0 Å². The van der Waals surface area contributed by atoms with E-state index in [4.69, 9.17) is 9.84 Å². The van der Waals surface area contributed by atoms with Gasteiger partial charge in [0.1, 0.15) is 0 Å². The van der Waals surface area contributed by atoms with Gasteiger partial charge in [-0.1, -0.05) is 55.6 Å². The number of esters is 1. The molecule has 0 saturated carbocycles. The first-order valence-electron chi connectivity index (χ1n) is 10.8. The van der Waals surface area contributed by atoms with Crippen LogP contribution in [0.4, 0.5) is 0 Å². The zero-order valence-electron chi connectivity index (χ0n) is 18.7. The first kappa shape index (κ1) is 22.6. The van der Waals surface area contributed by atoms with E-state index in [1.54, 1.807) is 0 Å². The molecule has 0 aromatic heterocycles. The van der Waals surface area contributed by atoms with Crippen molar-refractivity contribution in [2.24, 2.45) is 0 Å². The molecule has 0 radical (unpaired) electrons. The van der Waals surface area contributed by atoms with Crippen LogP contribution in [0.25, 0.3) is 0 Å². The number of hydrogen-bond donors (Lipinski definition) is 1. The second-order valence-corrected chi connectivity index (χ2v) is 8.86. The van der Waals surface area contributed by atoms with Gasteiger partial charge in [0.15, 0.2) is 0 Å². The lowest BCUT2D eigenvalue weighted by Crippen LogP contribution is -2.30. The molecule has 0 bridgehead atoms. The van der Waals surface area contributed by atoms with Crippen LogP contribution < -0.4 is 0 Å². The molecule has 1 aromatic rings. The van der Waals surface area contributed by atoms with Crippen molar-refractivity contribution in [3.8, 4) is 11.8 Å². The molecule has 31 heavy (non-hydrogen) atoms. The van der Waals surface area contributed by atoms with Crippen molar-refractivity contribution in [2.45, 2.75) is 64.7 Å². The largest absolute Gasteiger partial charge is 0.481 e. The number of aliphatic carboxylic acids is 1. The molecule has 2 aliphatic rings. The Balaban J connectivity index is 1.95. The van der Waals surface area contributed by atoms with E-state index in [-0.39, 0.29) is 23.7 Å². The molecule has 0 heterocycles. The van der Waals surface area contributed by atoms with Crippen molar-refractivity contribution in [1.29, 1.82) is 0 Å². The topological polar surface area (TPSA) is 63.6 Å². The van der Waals surface area contributed by atoms with E-state index >= 15 is 0 Å². The lowest BCUT2D eigenvalue weighted by atomic mass is 9.68. The van der Waals surface area contributed by atoms with Gasteiger partial charge in [0.2, 0.25) is 0 Å². The summed E-state index contributed by atoms with van der Waals surface area (Å²) in [5.41, 5.74) is 5.90. The molecule has 1 unspecified atom stereocenters. The first-order valence-corrected chi connectivity index (χ1v) is 10.8. The van der Waals surface area contributed by atoms with E-state index in [1.165, 1.54) is 5.56 Å². The molecule has 2 aliphatic carbocycles. The van der Waals surface area contributed by atoms with Gasteiger partial charge in [-0.25, -0.2) is 0 Å². The predicted octanol–water partition coefficient (Wildman–Crippen LogP) is 5.35. The van der Waals surface area contributed by atoms with Crippen molar-refractivity contribution < 1.29 is 19.4 Å². The van der Waals surface area contributed by atoms with Crippen molar-refractivity contribution in [3.63, 3.8) is 0 Å². The van der Waals surface area contributed by atoms with Crippen LogP contribution in [-0.4, -0.2) is 23.7 Å². The minimum atomic E-state index is -0.823. The predicted molar refractivity (Wildman–Crippen MR) is 122 cm³/mol. The molecule has 0 spiro atoms. The lowest BCUT2D eigenvalue weighted by molar-refractivity contribution is -0.145. The first-order chi connectivity index (χ1) is 14.7. The Bertz CT molecular complexity index is 1040. The SMILES string of the molecule is CCOC(=O)C1CCC(C)(C)c2cc(C#CC3=CC=C(CC(=O)O)CC=C3)c(C)cc21. The summed E-state index contributed by atoms with van der Waals surface area (Å²) in [4.78, 5) is 23.5. The normalized spacial score (nSPS) is 19.2. The summed E-state index contributed by atoms with van der Waals surface area (Å²) in [6, 6.07) is 4.24. The number of rotatable bonds is 4. The van der Waals surface area contributed by atoms with Crippen molar-refractivity contribution in [1.82, 2.24) is 0 Å². The zero-order chi connectivity index (χ0) is 22.6. The Kier molecular flexibility index (Phi) is 6.85. The molecule has 0 amide bonds. The number of carbonyl (C=O) groups is 2. The second kappa shape index (κ2) is 9.39. The smallest absolute Gasteiger partial charge is 0.313 e. The van der Waals surface area contributed by atoms with E-state index in [9.17, 15) is 9.59 Å². The number of allylic oxidation sites excluding steroid dienone is 5. The number of benzene rings is 1. The number of carbonyl (C=O) groups excluding carboxylic acids is 1. The van der Waals surface area contributed by atoms with Crippen molar-refractivity contribution >= 4 is 11.9 Å². The fourth-order valence-electron chi connectivity index (χ4n) is 4.24. The number of fused-ring (bicyclic) bond motifs is 1. The van der Waals surface area contributed by atoms with Gasteiger partial charge in [-0.3, -0.25) is 9.59 Å². The Morgan fingerprint density at radius 2 is 2.00 bits per heavy atom. The number of ether oxygens (including phenoxy) is 1. The lowest BCUT2D eigenvalue weighted by Gasteiger charge is -2.36. The molecule has 0 fully saturated rings. The Morgan fingerprint density at radius 1 is 1.23 bits per heavy atom. The minimum Gasteiger partial charge on any atom is -0.481 e. The van der Waals surface area contributed by atoms with E-state index < -0.39 is 5.97 Å². The maximum absolute atomic E-state index is 12.5. The summed E-state index contributed by atoms with van der Waals surface area (Å²) in [6.07, 6.45) is 10.0. The summed E-state index contributed by atoms with van der Waals surface area (Å²) in [5, 5.41) is 8.99. The highest BCUT2D eigenvalue weighted by Crippen LogP contribution is 2.44. The van der Waals surface area contributed by atoms with E-state index in [1.807, 2.05) is 38.2 Å². The van der Waals surface area contributed by atoms with Gasteiger partial charge >= 0.3 is 11.9 Å². The summed E-state index contributed by atoms with van der Waals surface area (Å²) in [6.45, 7) is 8.68.